The summed E-state index contributed by atoms with van der Waals surface area (Å²) in [5.74, 6) is -0.881. The summed E-state index contributed by atoms with van der Waals surface area (Å²) < 4.78 is 5.12. The minimum atomic E-state index is -0.512. The smallest absolute Gasteiger partial charge is 0.338 e. The molecule has 0 aliphatic carbocycles. The minimum Gasteiger partial charge on any atom is -0.462 e. The fraction of sp³-hybridized carbons (Fsp3) is 0.263. The lowest BCUT2D eigenvalue weighted by molar-refractivity contribution is -0.387. The van der Waals surface area contributed by atoms with E-state index in [4.69, 9.17) is 4.74 Å². The van der Waals surface area contributed by atoms with Gasteiger partial charge in [-0.3, -0.25) is 14.9 Å². The number of hydrogen-bond acceptors (Lipinski definition) is 6. The van der Waals surface area contributed by atoms with Gasteiger partial charge in [0.05, 0.1) is 22.0 Å². The van der Waals surface area contributed by atoms with E-state index >= 15 is 0 Å². The summed E-state index contributed by atoms with van der Waals surface area (Å²) in [7, 11) is 0. The third-order valence-electron chi connectivity index (χ3n) is 3.75. The van der Waals surface area contributed by atoms with Crippen LogP contribution in [0.3, 0.4) is 0 Å². The Labute approximate surface area is 161 Å². The van der Waals surface area contributed by atoms with Gasteiger partial charge in [0.25, 0.3) is 11.6 Å². The normalized spacial score (nSPS) is 10.3. The second-order valence-electron chi connectivity index (χ2n) is 5.66. The van der Waals surface area contributed by atoms with Crippen LogP contribution in [0.1, 0.15) is 40.5 Å². The molecule has 0 saturated carbocycles. The van der Waals surface area contributed by atoms with E-state index in [9.17, 15) is 19.7 Å². The number of amides is 1. The molecule has 0 aliphatic rings. The fourth-order valence-electron chi connectivity index (χ4n) is 2.26. The van der Waals surface area contributed by atoms with Crippen LogP contribution in [0.15, 0.2) is 47.4 Å². The number of carbonyl (C=O) groups excluding carboxylic acids is 2. The van der Waals surface area contributed by atoms with Crippen LogP contribution >= 0.6 is 11.8 Å². The molecule has 0 heterocycles. The lowest BCUT2D eigenvalue weighted by Crippen LogP contribution is -2.12. The number of hydrogen-bond donors (Lipinski definition) is 1. The Morgan fingerprint density at radius 2 is 1.81 bits per heavy atom. The molecule has 8 heteroatoms. The summed E-state index contributed by atoms with van der Waals surface area (Å²) in [6, 6.07) is 10.6. The molecule has 142 valence electrons. The molecule has 0 saturated heterocycles. The van der Waals surface area contributed by atoms with Crippen molar-refractivity contribution < 1.29 is 19.2 Å². The monoisotopic (exact) mass is 388 g/mol. The molecule has 1 amide bonds. The van der Waals surface area contributed by atoms with E-state index in [0.29, 0.717) is 22.8 Å². The number of ether oxygens (including phenoxy) is 1. The first-order valence-electron chi connectivity index (χ1n) is 8.37. The molecule has 0 fully saturated rings. The van der Waals surface area contributed by atoms with E-state index in [1.165, 1.54) is 23.9 Å². The molecule has 0 unspecified atom stereocenters. The molecule has 0 aromatic heterocycles. The summed E-state index contributed by atoms with van der Waals surface area (Å²) in [5.41, 5.74) is 0.939. The van der Waals surface area contributed by atoms with Crippen molar-refractivity contribution in [2.75, 3.05) is 18.2 Å². The second kappa shape index (κ2) is 9.72. The summed E-state index contributed by atoms with van der Waals surface area (Å²) in [6.07, 6.45) is 3.48. The predicted octanol–water partition coefficient (Wildman–Crippen LogP) is 4.53. The Morgan fingerprint density at radius 1 is 1.15 bits per heavy atom. The minimum absolute atomic E-state index is 0.111. The van der Waals surface area contributed by atoms with E-state index in [1.54, 1.807) is 36.6 Å². The topological polar surface area (TPSA) is 98.5 Å². The summed E-state index contributed by atoms with van der Waals surface area (Å²) in [6.45, 7) is 2.38. The number of nitrogens with zero attached hydrogens (tertiary/aromatic N) is 1. The Balaban J connectivity index is 2.06. The molecule has 0 spiro atoms. The van der Waals surface area contributed by atoms with Crippen molar-refractivity contribution in [3.63, 3.8) is 0 Å². The fourth-order valence-corrected chi connectivity index (χ4v) is 2.81. The first-order valence-corrected chi connectivity index (χ1v) is 9.59. The highest BCUT2D eigenvalue weighted by Crippen LogP contribution is 2.28. The molecular weight excluding hydrogens is 368 g/mol. The van der Waals surface area contributed by atoms with Gasteiger partial charge in [0, 0.05) is 17.3 Å². The number of rotatable bonds is 8. The summed E-state index contributed by atoms with van der Waals surface area (Å²) >= 11 is 1.24. The zero-order valence-corrected chi connectivity index (χ0v) is 15.9. The van der Waals surface area contributed by atoms with Gasteiger partial charge in [0.1, 0.15) is 0 Å². The molecule has 1 N–H and O–H groups in total. The largest absolute Gasteiger partial charge is 0.462 e. The van der Waals surface area contributed by atoms with Crippen LogP contribution in [0, 0.1) is 10.1 Å². The van der Waals surface area contributed by atoms with Gasteiger partial charge in [0.2, 0.25) is 0 Å². The van der Waals surface area contributed by atoms with Crippen molar-refractivity contribution in [1.29, 1.82) is 0 Å². The second-order valence-corrected chi connectivity index (χ2v) is 6.51. The average Bonchev–Trinajstić information content (AvgIpc) is 2.68. The van der Waals surface area contributed by atoms with Crippen molar-refractivity contribution in [2.45, 2.75) is 24.7 Å². The standard InChI is InChI=1S/C19H20N2O5S/c1-3-4-11-26-19(23)13-5-8-15(9-6-13)20-18(22)14-7-10-17(27-2)16(12-14)21(24)25/h5-10,12H,3-4,11H2,1-2H3,(H,20,22). The van der Waals surface area contributed by atoms with Crippen LogP contribution in [-0.2, 0) is 4.74 Å². The number of benzene rings is 2. The third-order valence-corrected chi connectivity index (χ3v) is 4.53. The van der Waals surface area contributed by atoms with Gasteiger partial charge < -0.3 is 10.1 Å². The SMILES string of the molecule is CCCCOC(=O)c1ccc(NC(=O)c2ccc(SC)c([N+](=O)[O-])c2)cc1. The first-order chi connectivity index (χ1) is 13.0. The van der Waals surface area contributed by atoms with Gasteiger partial charge in [0.15, 0.2) is 0 Å². The average molecular weight is 388 g/mol. The molecule has 7 nitrogen and oxygen atoms in total. The number of unbranched alkanes of at least 4 members (excludes halogenated alkanes) is 1. The molecule has 2 rings (SSSR count). The Morgan fingerprint density at radius 3 is 2.41 bits per heavy atom. The van der Waals surface area contributed by atoms with Crippen molar-refractivity contribution in [3.8, 4) is 0 Å². The Bertz CT molecular complexity index is 836. The molecule has 0 aliphatic heterocycles. The highest BCUT2D eigenvalue weighted by Gasteiger charge is 2.17. The number of nitro groups is 1. The maximum atomic E-state index is 12.3. The van der Waals surface area contributed by atoms with Gasteiger partial charge in [-0.1, -0.05) is 13.3 Å². The Hall–Kier alpha value is -2.87. The molecular formula is C19H20N2O5S. The lowest BCUT2D eigenvalue weighted by atomic mass is 10.1. The van der Waals surface area contributed by atoms with Crippen molar-refractivity contribution in [2.24, 2.45) is 0 Å². The number of thioether (sulfide) groups is 1. The zero-order chi connectivity index (χ0) is 19.8. The molecule has 27 heavy (non-hydrogen) atoms. The van der Waals surface area contributed by atoms with E-state index in [2.05, 4.69) is 5.32 Å². The van der Waals surface area contributed by atoms with Crippen LogP contribution in [0.2, 0.25) is 0 Å². The zero-order valence-electron chi connectivity index (χ0n) is 15.1. The van der Waals surface area contributed by atoms with Crippen LogP contribution in [-0.4, -0.2) is 29.7 Å². The van der Waals surface area contributed by atoms with Gasteiger partial charge in [-0.2, -0.15) is 0 Å². The molecule has 2 aromatic rings. The van der Waals surface area contributed by atoms with E-state index < -0.39 is 16.8 Å². The number of carbonyl (C=O) groups is 2. The quantitative estimate of drug-likeness (QED) is 0.235. The number of nitrogens with one attached hydrogen (secondary N) is 1. The van der Waals surface area contributed by atoms with Crippen LogP contribution in [0.25, 0.3) is 0 Å². The highest BCUT2D eigenvalue weighted by molar-refractivity contribution is 7.98. The van der Waals surface area contributed by atoms with Crippen LogP contribution in [0.5, 0.6) is 0 Å². The summed E-state index contributed by atoms with van der Waals surface area (Å²) in [4.78, 5) is 35.3. The maximum absolute atomic E-state index is 12.3. The van der Waals surface area contributed by atoms with Crippen molar-refractivity contribution in [3.05, 3.63) is 63.7 Å². The van der Waals surface area contributed by atoms with E-state index in [1.807, 2.05) is 6.92 Å². The molecule has 0 atom stereocenters. The van der Waals surface area contributed by atoms with E-state index in [-0.39, 0.29) is 11.3 Å². The summed E-state index contributed by atoms with van der Waals surface area (Å²) in [5, 5.41) is 13.8. The van der Waals surface area contributed by atoms with Gasteiger partial charge >= 0.3 is 5.97 Å². The van der Waals surface area contributed by atoms with Gasteiger partial charge in [-0.15, -0.1) is 11.8 Å². The number of anilines is 1. The van der Waals surface area contributed by atoms with Crippen LogP contribution < -0.4 is 5.32 Å². The van der Waals surface area contributed by atoms with Gasteiger partial charge in [-0.05, 0) is 49.1 Å². The van der Waals surface area contributed by atoms with Crippen LogP contribution in [0.4, 0.5) is 11.4 Å². The number of nitro benzene ring substituents is 1. The molecule has 0 bridgehead atoms. The van der Waals surface area contributed by atoms with Crippen molar-refractivity contribution in [1.82, 2.24) is 0 Å². The third kappa shape index (κ3) is 5.55. The molecule has 2 aromatic carbocycles. The first kappa shape index (κ1) is 20.4. The predicted molar refractivity (Wildman–Crippen MR) is 104 cm³/mol. The lowest BCUT2D eigenvalue weighted by Gasteiger charge is -2.08. The van der Waals surface area contributed by atoms with Crippen molar-refractivity contribution >= 4 is 35.0 Å². The maximum Gasteiger partial charge on any atom is 0.338 e. The molecule has 0 radical (unpaired) electrons. The Kier molecular flexibility index (Phi) is 7.36. The highest BCUT2D eigenvalue weighted by atomic mass is 32.2. The van der Waals surface area contributed by atoms with E-state index in [0.717, 1.165) is 12.8 Å². The number of esters is 1. The van der Waals surface area contributed by atoms with Gasteiger partial charge in [-0.25, -0.2) is 4.79 Å².